The molecule has 5 nitrogen and oxygen atoms in total. The Morgan fingerprint density at radius 1 is 0.917 bits per heavy atom. The van der Waals surface area contributed by atoms with E-state index >= 15 is 0 Å². The maximum absolute atomic E-state index is 12.5. The van der Waals surface area contributed by atoms with Crippen molar-refractivity contribution in [3.63, 3.8) is 0 Å². The first-order chi connectivity index (χ1) is 11.8. The molecule has 0 saturated carbocycles. The topological polar surface area (TPSA) is 50.8 Å². The van der Waals surface area contributed by atoms with Crippen molar-refractivity contribution >= 4 is 6.03 Å². The summed E-state index contributed by atoms with van der Waals surface area (Å²) in [5.41, 5.74) is 2.17. The SMILES string of the molecule is COCCOCNC(=O)N(Cc1ccccc1)Cc1ccccc1. The molecule has 0 spiro atoms. The van der Waals surface area contributed by atoms with Crippen LogP contribution in [0, 0.1) is 0 Å². The summed E-state index contributed by atoms with van der Waals surface area (Å²) in [6.45, 7) is 2.21. The number of carbonyl (C=O) groups excluding carboxylic acids is 1. The lowest BCUT2D eigenvalue weighted by Gasteiger charge is -2.23. The zero-order valence-corrected chi connectivity index (χ0v) is 14.0. The van der Waals surface area contributed by atoms with E-state index in [0.29, 0.717) is 26.3 Å². The smallest absolute Gasteiger partial charge is 0.319 e. The molecule has 0 aromatic heterocycles. The number of benzene rings is 2. The average molecular weight is 328 g/mol. The van der Waals surface area contributed by atoms with Gasteiger partial charge in [0.15, 0.2) is 0 Å². The van der Waals surface area contributed by atoms with Crippen molar-refractivity contribution in [2.24, 2.45) is 0 Å². The normalized spacial score (nSPS) is 10.4. The molecule has 128 valence electrons. The van der Waals surface area contributed by atoms with Crippen molar-refractivity contribution in [3.8, 4) is 0 Å². The van der Waals surface area contributed by atoms with E-state index in [9.17, 15) is 4.79 Å². The predicted octanol–water partition coefficient (Wildman–Crippen LogP) is 3.02. The average Bonchev–Trinajstić information content (AvgIpc) is 2.62. The Kier molecular flexibility index (Phi) is 7.80. The Bertz CT molecular complexity index is 549. The van der Waals surface area contributed by atoms with Gasteiger partial charge in [0, 0.05) is 20.2 Å². The van der Waals surface area contributed by atoms with Crippen molar-refractivity contribution in [2.45, 2.75) is 13.1 Å². The van der Waals surface area contributed by atoms with Crippen LogP contribution in [-0.4, -0.2) is 38.0 Å². The molecule has 0 saturated heterocycles. The standard InChI is InChI=1S/C19H24N2O3/c1-23-12-13-24-16-20-19(22)21(14-17-8-4-2-5-9-17)15-18-10-6-3-7-11-18/h2-11H,12-16H2,1H3,(H,20,22). The van der Waals surface area contributed by atoms with E-state index in [1.807, 2.05) is 60.7 Å². The summed E-state index contributed by atoms with van der Waals surface area (Å²) < 4.78 is 10.2. The summed E-state index contributed by atoms with van der Waals surface area (Å²) in [6.07, 6.45) is 0. The Hall–Kier alpha value is -2.37. The van der Waals surface area contributed by atoms with Gasteiger partial charge < -0.3 is 19.7 Å². The molecule has 0 unspecified atom stereocenters. The number of nitrogens with zero attached hydrogens (tertiary/aromatic N) is 1. The van der Waals surface area contributed by atoms with Gasteiger partial charge in [-0.1, -0.05) is 60.7 Å². The second-order valence-electron chi connectivity index (χ2n) is 5.35. The number of methoxy groups -OCH3 is 1. The lowest BCUT2D eigenvalue weighted by molar-refractivity contribution is 0.0612. The molecule has 0 radical (unpaired) electrons. The van der Waals surface area contributed by atoms with Gasteiger partial charge in [0.05, 0.1) is 13.2 Å². The summed E-state index contributed by atoms with van der Waals surface area (Å²) in [5, 5.41) is 2.79. The van der Waals surface area contributed by atoms with Crippen LogP contribution in [0.3, 0.4) is 0 Å². The molecule has 5 heteroatoms. The second-order valence-corrected chi connectivity index (χ2v) is 5.35. The van der Waals surface area contributed by atoms with Gasteiger partial charge in [-0.05, 0) is 11.1 Å². The molecule has 0 bridgehead atoms. The maximum atomic E-state index is 12.5. The van der Waals surface area contributed by atoms with E-state index in [2.05, 4.69) is 5.32 Å². The van der Waals surface area contributed by atoms with Crippen molar-refractivity contribution < 1.29 is 14.3 Å². The minimum atomic E-state index is -0.153. The van der Waals surface area contributed by atoms with Crippen LogP contribution in [0.5, 0.6) is 0 Å². The summed E-state index contributed by atoms with van der Waals surface area (Å²) >= 11 is 0. The first-order valence-electron chi connectivity index (χ1n) is 7.97. The molecular weight excluding hydrogens is 304 g/mol. The third-order valence-electron chi connectivity index (χ3n) is 3.48. The van der Waals surface area contributed by atoms with Crippen LogP contribution < -0.4 is 5.32 Å². The van der Waals surface area contributed by atoms with Crippen molar-refractivity contribution in [3.05, 3.63) is 71.8 Å². The number of nitrogens with one attached hydrogen (secondary N) is 1. The van der Waals surface area contributed by atoms with Crippen LogP contribution >= 0.6 is 0 Å². The molecular formula is C19H24N2O3. The number of rotatable bonds is 9. The van der Waals surface area contributed by atoms with Gasteiger partial charge in [0.1, 0.15) is 6.73 Å². The van der Waals surface area contributed by atoms with E-state index in [1.54, 1.807) is 12.0 Å². The minimum Gasteiger partial charge on any atom is -0.382 e. The highest BCUT2D eigenvalue weighted by Crippen LogP contribution is 2.10. The highest BCUT2D eigenvalue weighted by atomic mass is 16.5. The van der Waals surface area contributed by atoms with Gasteiger partial charge in [0.2, 0.25) is 0 Å². The van der Waals surface area contributed by atoms with E-state index < -0.39 is 0 Å². The molecule has 0 atom stereocenters. The van der Waals surface area contributed by atoms with Crippen LogP contribution in [0.15, 0.2) is 60.7 Å². The Morgan fingerprint density at radius 3 is 1.96 bits per heavy atom. The van der Waals surface area contributed by atoms with Crippen LogP contribution in [0.25, 0.3) is 0 Å². The molecule has 24 heavy (non-hydrogen) atoms. The molecule has 1 N–H and O–H groups in total. The number of carbonyl (C=O) groups is 1. The van der Waals surface area contributed by atoms with Gasteiger partial charge in [-0.3, -0.25) is 0 Å². The Balaban J connectivity index is 1.95. The second kappa shape index (κ2) is 10.4. The third-order valence-corrected chi connectivity index (χ3v) is 3.48. The number of ether oxygens (including phenoxy) is 2. The zero-order chi connectivity index (χ0) is 17.0. The number of hydrogen-bond acceptors (Lipinski definition) is 3. The zero-order valence-electron chi connectivity index (χ0n) is 14.0. The van der Waals surface area contributed by atoms with Crippen molar-refractivity contribution in [2.75, 3.05) is 27.1 Å². The fourth-order valence-corrected chi connectivity index (χ4v) is 2.25. The molecule has 2 aromatic carbocycles. The lowest BCUT2D eigenvalue weighted by atomic mass is 10.2. The van der Waals surface area contributed by atoms with Gasteiger partial charge >= 0.3 is 6.03 Å². The number of urea groups is 1. The van der Waals surface area contributed by atoms with Crippen LogP contribution in [0.2, 0.25) is 0 Å². The van der Waals surface area contributed by atoms with E-state index in [-0.39, 0.29) is 12.8 Å². The van der Waals surface area contributed by atoms with Gasteiger partial charge in [-0.25, -0.2) is 4.79 Å². The quantitative estimate of drug-likeness (QED) is 0.569. The predicted molar refractivity (Wildman–Crippen MR) is 93.4 cm³/mol. The molecule has 0 heterocycles. The molecule has 0 fully saturated rings. The third kappa shape index (κ3) is 6.40. The fraction of sp³-hybridized carbons (Fsp3) is 0.316. The summed E-state index contributed by atoms with van der Waals surface area (Å²) in [7, 11) is 1.61. The molecule has 2 rings (SSSR count). The van der Waals surface area contributed by atoms with Crippen LogP contribution in [-0.2, 0) is 22.6 Å². The highest BCUT2D eigenvalue weighted by molar-refractivity contribution is 5.74. The van der Waals surface area contributed by atoms with Gasteiger partial charge in [0.25, 0.3) is 0 Å². The van der Waals surface area contributed by atoms with E-state index in [4.69, 9.17) is 9.47 Å². The largest absolute Gasteiger partial charge is 0.382 e. The lowest BCUT2D eigenvalue weighted by Crippen LogP contribution is -2.40. The fourth-order valence-electron chi connectivity index (χ4n) is 2.25. The highest BCUT2D eigenvalue weighted by Gasteiger charge is 2.14. The molecule has 0 aliphatic rings. The summed E-state index contributed by atoms with van der Waals surface area (Å²) in [4.78, 5) is 14.3. The Labute approximate surface area is 143 Å². The molecule has 0 aliphatic heterocycles. The monoisotopic (exact) mass is 328 g/mol. The summed E-state index contributed by atoms with van der Waals surface area (Å²) in [5.74, 6) is 0. The van der Waals surface area contributed by atoms with Gasteiger partial charge in [-0.15, -0.1) is 0 Å². The molecule has 0 aliphatic carbocycles. The number of amides is 2. The van der Waals surface area contributed by atoms with Gasteiger partial charge in [-0.2, -0.15) is 0 Å². The summed E-state index contributed by atoms with van der Waals surface area (Å²) in [6, 6.07) is 19.7. The van der Waals surface area contributed by atoms with Crippen LogP contribution in [0.4, 0.5) is 4.79 Å². The first-order valence-corrected chi connectivity index (χ1v) is 7.97. The van der Waals surface area contributed by atoms with Crippen molar-refractivity contribution in [1.82, 2.24) is 10.2 Å². The number of hydrogen-bond donors (Lipinski definition) is 1. The molecule has 2 aromatic rings. The van der Waals surface area contributed by atoms with E-state index in [0.717, 1.165) is 11.1 Å². The minimum absolute atomic E-state index is 0.153. The Morgan fingerprint density at radius 2 is 1.46 bits per heavy atom. The van der Waals surface area contributed by atoms with E-state index in [1.165, 1.54) is 0 Å². The van der Waals surface area contributed by atoms with Crippen LogP contribution in [0.1, 0.15) is 11.1 Å². The maximum Gasteiger partial charge on any atom is 0.319 e. The molecule has 2 amide bonds. The first kappa shape index (κ1) is 18.0. The van der Waals surface area contributed by atoms with Crippen molar-refractivity contribution in [1.29, 1.82) is 0 Å².